The van der Waals surface area contributed by atoms with Gasteiger partial charge in [-0.2, -0.15) is 5.26 Å². The van der Waals surface area contributed by atoms with E-state index in [0.29, 0.717) is 35.0 Å². The first-order valence-corrected chi connectivity index (χ1v) is 11.4. The molecule has 6 heteroatoms. The van der Waals surface area contributed by atoms with Gasteiger partial charge in [-0.1, -0.05) is 66.7 Å². The van der Waals surface area contributed by atoms with Gasteiger partial charge in [-0.05, 0) is 41.5 Å². The molecule has 176 valence electrons. The Morgan fingerprint density at radius 1 is 0.889 bits per heavy atom. The van der Waals surface area contributed by atoms with Crippen molar-refractivity contribution in [1.29, 1.82) is 5.26 Å². The van der Waals surface area contributed by atoms with Crippen LogP contribution in [0.4, 0.5) is 0 Å². The molecule has 5 rings (SSSR count). The van der Waals surface area contributed by atoms with Gasteiger partial charge in [0, 0.05) is 11.6 Å². The zero-order valence-electron chi connectivity index (χ0n) is 19.3. The van der Waals surface area contributed by atoms with Crippen molar-refractivity contribution in [2.45, 2.75) is 12.5 Å². The van der Waals surface area contributed by atoms with Crippen LogP contribution in [0.15, 0.2) is 115 Å². The molecule has 0 saturated heterocycles. The van der Waals surface area contributed by atoms with Gasteiger partial charge in [0.1, 0.15) is 35.5 Å². The van der Waals surface area contributed by atoms with Crippen molar-refractivity contribution in [3.8, 4) is 23.3 Å². The Morgan fingerprint density at radius 2 is 1.64 bits per heavy atom. The average Bonchev–Trinajstić information content (AvgIpc) is 2.92. The molecule has 2 N–H and O–H groups in total. The van der Waals surface area contributed by atoms with E-state index >= 15 is 0 Å². The van der Waals surface area contributed by atoms with Crippen LogP contribution >= 0.6 is 0 Å². The Bertz CT molecular complexity index is 1470. The van der Waals surface area contributed by atoms with E-state index < -0.39 is 11.9 Å². The number of carbonyl (C=O) groups is 1. The number of benzene rings is 4. The van der Waals surface area contributed by atoms with E-state index in [1.165, 1.54) is 0 Å². The summed E-state index contributed by atoms with van der Waals surface area (Å²) in [6.07, 6.45) is 0. The zero-order chi connectivity index (χ0) is 24.9. The predicted molar refractivity (Wildman–Crippen MR) is 134 cm³/mol. The lowest BCUT2D eigenvalue weighted by Crippen LogP contribution is -2.21. The molecule has 36 heavy (non-hydrogen) atoms. The SMILES string of the molecule is N#CC1=C(N)Oc2cc(OC(=O)c3ccccc3)ccc2C1c1cccc(OCc2ccccc2)c1. The lowest BCUT2D eigenvalue weighted by Gasteiger charge is -2.27. The molecule has 1 heterocycles. The summed E-state index contributed by atoms with van der Waals surface area (Å²) < 4.78 is 17.3. The molecule has 0 fully saturated rings. The number of hydrogen-bond donors (Lipinski definition) is 1. The van der Waals surface area contributed by atoms with E-state index in [-0.39, 0.29) is 5.88 Å². The molecule has 6 nitrogen and oxygen atoms in total. The van der Waals surface area contributed by atoms with Gasteiger partial charge in [0.05, 0.1) is 11.5 Å². The van der Waals surface area contributed by atoms with E-state index in [4.69, 9.17) is 19.9 Å². The number of nitrogens with two attached hydrogens (primary N) is 1. The average molecular weight is 475 g/mol. The largest absolute Gasteiger partial charge is 0.489 e. The maximum absolute atomic E-state index is 12.5. The first kappa shape index (κ1) is 22.8. The highest BCUT2D eigenvalue weighted by Crippen LogP contribution is 2.44. The molecule has 1 aliphatic rings. The van der Waals surface area contributed by atoms with E-state index in [9.17, 15) is 10.1 Å². The first-order valence-electron chi connectivity index (χ1n) is 11.4. The fraction of sp³-hybridized carbons (Fsp3) is 0.0667. The summed E-state index contributed by atoms with van der Waals surface area (Å²) >= 11 is 0. The molecule has 0 amide bonds. The molecule has 0 aliphatic carbocycles. The maximum Gasteiger partial charge on any atom is 0.343 e. The van der Waals surface area contributed by atoms with E-state index in [0.717, 1.165) is 16.7 Å². The fourth-order valence-electron chi connectivity index (χ4n) is 4.11. The van der Waals surface area contributed by atoms with Crippen molar-refractivity contribution in [1.82, 2.24) is 0 Å². The molecule has 0 radical (unpaired) electrons. The number of ether oxygens (including phenoxy) is 3. The van der Waals surface area contributed by atoms with Crippen LogP contribution in [0.25, 0.3) is 0 Å². The monoisotopic (exact) mass is 474 g/mol. The highest BCUT2D eigenvalue weighted by molar-refractivity contribution is 5.91. The van der Waals surface area contributed by atoms with E-state index in [1.54, 1.807) is 42.5 Å². The minimum absolute atomic E-state index is 0.0112. The van der Waals surface area contributed by atoms with Gasteiger partial charge in [-0.25, -0.2) is 4.79 Å². The summed E-state index contributed by atoms with van der Waals surface area (Å²) in [6.45, 7) is 0.424. The van der Waals surface area contributed by atoms with Crippen molar-refractivity contribution >= 4 is 5.97 Å². The third kappa shape index (κ3) is 4.77. The third-order valence-corrected chi connectivity index (χ3v) is 5.85. The summed E-state index contributed by atoms with van der Waals surface area (Å²) in [5.74, 6) is 0.482. The van der Waals surface area contributed by atoms with Crippen LogP contribution in [0.1, 0.15) is 33.0 Å². The fourth-order valence-corrected chi connectivity index (χ4v) is 4.11. The van der Waals surface area contributed by atoms with Crippen LogP contribution in [0.5, 0.6) is 17.2 Å². The number of rotatable bonds is 6. The zero-order valence-corrected chi connectivity index (χ0v) is 19.3. The summed E-state index contributed by atoms with van der Waals surface area (Å²) in [4.78, 5) is 12.5. The number of allylic oxidation sites excluding steroid dienone is 1. The molecular formula is C30H22N2O4. The highest BCUT2D eigenvalue weighted by Gasteiger charge is 2.31. The second-order valence-electron chi connectivity index (χ2n) is 8.23. The smallest absolute Gasteiger partial charge is 0.343 e. The van der Waals surface area contributed by atoms with Gasteiger partial charge in [0.25, 0.3) is 0 Å². The Morgan fingerprint density at radius 3 is 2.39 bits per heavy atom. The molecule has 1 unspecified atom stereocenters. The molecule has 4 aromatic carbocycles. The Hall–Kier alpha value is -5.02. The third-order valence-electron chi connectivity index (χ3n) is 5.85. The molecular weight excluding hydrogens is 452 g/mol. The summed E-state index contributed by atoms with van der Waals surface area (Å²) in [5, 5.41) is 9.87. The van der Waals surface area contributed by atoms with Crippen molar-refractivity contribution in [2.75, 3.05) is 0 Å². The van der Waals surface area contributed by atoms with Gasteiger partial charge in [-0.3, -0.25) is 0 Å². The molecule has 0 saturated carbocycles. The van der Waals surface area contributed by atoms with Gasteiger partial charge >= 0.3 is 5.97 Å². The van der Waals surface area contributed by atoms with Gasteiger partial charge < -0.3 is 19.9 Å². The normalized spacial score (nSPS) is 14.2. The number of fused-ring (bicyclic) bond motifs is 1. The molecule has 0 spiro atoms. The van der Waals surface area contributed by atoms with Crippen molar-refractivity contribution in [3.05, 3.63) is 137 Å². The molecule has 1 aliphatic heterocycles. The summed E-state index contributed by atoms with van der Waals surface area (Å²) in [7, 11) is 0. The minimum Gasteiger partial charge on any atom is -0.489 e. The van der Waals surface area contributed by atoms with E-state index in [1.807, 2.05) is 60.7 Å². The number of hydrogen-bond acceptors (Lipinski definition) is 6. The standard InChI is InChI=1S/C30H22N2O4/c31-18-26-28(22-12-7-13-23(16-22)34-19-20-8-3-1-4-9-20)25-15-14-24(17-27(25)36-29(26)32)35-30(33)21-10-5-2-6-11-21/h1-17,28H,19,32H2. The van der Waals surface area contributed by atoms with Crippen LogP contribution in [0.2, 0.25) is 0 Å². The lowest BCUT2D eigenvalue weighted by atomic mass is 9.83. The maximum atomic E-state index is 12.5. The highest BCUT2D eigenvalue weighted by atomic mass is 16.5. The van der Waals surface area contributed by atoms with Crippen LogP contribution in [0.3, 0.4) is 0 Å². The summed E-state index contributed by atoms with van der Waals surface area (Å²) in [5.41, 5.74) is 9.51. The molecule has 1 atom stereocenters. The minimum atomic E-state index is -0.479. The number of nitrogens with zero attached hydrogens (tertiary/aromatic N) is 1. The van der Waals surface area contributed by atoms with E-state index in [2.05, 4.69) is 6.07 Å². The van der Waals surface area contributed by atoms with Crippen molar-refractivity contribution in [3.63, 3.8) is 0 Å². The second-order valence-corrected chi connectivity index (χ2v) is 8.23. The number of esters is 1. The Labute approximate surface area is 208 Å². The van der Waals surface area contributed by atoms with Gasteiger partial charge in [-0.15, -0.1) is 0 Å². The topological polar surface area (TPSA) is 94.6 Å². The van der Waals surface area contributed by atoms with Crippen molar-refractivity contribution < 1.29 is 19.0 Å². The lowest BCUT2D eigenvalue weighted by molar-refractivity contribution is 0.0734. The summed E-state index contributed by atoms with van der Waals surface area (Å²) in [6, 6.07) is 33.5. The molecule has 0 aromatic heterocycles. The van der Waals surface area contributed by atoms with Crippen LogP contribution < -0.4 is 19.9 Å². The van der Waals surface area contributed by atoms with Gasteiger partial charge in [0.15, 0.2) is 0 Å². The molecule has 4 aromatic rings. The van der Waals surface area contributed by atoms with Crippen LogP contribution in [-0.2, 0) is 6.61 Å². The Balaban J connectivity index is 1.43. The number of nitriles is 1. The second kappa shape index (κ2) is 10.1. The number of carbonyl (C=O) groups excluding carboxylic acids is 1. The van der Waals surface area contributed by atoms with Crippen LogP contribution in [-0.4, -0.2) is 5.97 Å². The van der Waals surface area contributed by atoms with Gasteiger partial charge in [0.2, 0.25) is 5.88 Å². The first-order chi connectivity index (χ1) is 17.6. The quantitative estimate of drug-likeness (QED) is 0.284. The molecule has 0 bridgehead atoms. The predicted octanol–water partition coefficient (Wildman–Crippen LogP) is 5.70. The van der Waals surface area contributed by atoms with Crippen LogP contribution in [0, 0.1) is 11.3 Å². The Kier molecular flexibility index (Phi) is 6.37. The van der Waals surface area contributed by atoms with Crippen molar-refractivity contribution in [2.24, 2.45) is 5.73 Å².